The lowest BCUT2D eigenvalue weighted by atomic mass is 10.2. The molecule has 0 aliphatic carbocycles. The van der Waals surface area contributed by atoms with Crippen LogP contribution in [0.5, 0.6) is 11.5 Å². The Hall–Kier alpha value is -4.07. The van der Waals surface area contributed by atoms with Crippen LogP contribution in [0.1, 0.15) is 21.8 Å². The SMILES string of the molecule is Cc1ccc(-c2cc(C(=O)NCc3ccc4c(c3)OCO4)n(-c3ccc(F)cc3)n2)o1. The van der Waals surface area contributed by atoms with Crippen LogP contribution in [0.3, 0.4) is 0 Å². The number of benzene rings is 2. The smallest absolute Gasteiger partial charge is 0.270 e. The first-order chi connectivity index (χ1) is 15.1. The molecular formula is C23H18FN3O4. The second-order valence-electron chi connectivity index (χ2n) is 7.08. The molecule has 4 aromatic rings. The number of hydrogen-bond donors (Lipinski definition) is 1. The Labute approximate surface area is 177 Å². The fourth-order valence-corrected chi connectivity index (χ4v) is 3.34. The summed E-state index contributed by atoms with van der Waals surface area (Å²) in [5.74, 6) is 1.92. The molecule has 3 heterocycles. The first kappa shape index (κ1) is 18.9. The van der Waals surface area contributed by atoms with Gasteiger partial charge in [-0.1, -0.05) is 6.07 Å². The minimum Gasteiger partial charge on any atom is -0.460 e. The molecule has 8 heteroatoms. The highest BCUT2D eigenvalue weighted by molar-refractivity contribution is 5.94. The van der Waals surface area contributed by atoms with Crippen molar-refractivity contribution in [3.8, 4) is 28.6 Å². The average molecular weight is 419 g/mol. The zero-order valence-electron chi connectivity index (χ0n) is 16.6. The third kappa shape index (κ3) is 3.75. The van der Waals surface area contributed by atoms with Crippen LogP contribution in [0.2, 0.25) is 0 Å². The molecule has 1 N–H and O–H groups in total. The number of ether oxygens (including phenoxy) is 2. The Morgan fingerprint density at radius 3 is 2.65 bits per heavy atom. The Morgan fingerprint density at radius 2 is 1.87 bits per heavy atom. The molecule has 0 unspecified atom stereocenters. The molecule has 7 nitrogen and oxygen atoms in total. The summed E-state index contributed by atoms with van der Waals surface area (Å²) in [6.45, 7) is 2.32. The van der Waals surface area contributed by atoms with Gasteiger partial charge in [-0.2, -0.15) is 5.10 Å². The molecule has 1 amide bonds. The van der Waals surface area contributed by atoms with Gasteiger partial charge < -0.3 is 19.2 Å². The molecule has 31 heavy (non-hydrogen) atoms. The minimum absolute atomic E-state index is 0.191. The molecule has 0 saturated heterocycles. The van der Waals surface area contributed by atoms with Crippen LogP contribution >= 0.6 is 0 Å². The van der Waals surface area contributed by atoms with Crippen molar-refractivity contribution in [1.82, 2.24) is 15.1 Å². The number of nitrogens with one attached hydrogen (secondary N) is 1. The van der Waals surface area contributed by atoms with Gasteiger partial charge in [0.25, 0.3) is 5.91 Å². The largest absolute Gasteiger partial charge is 0.460 e. The molecule has 0 atom stereocenters. The van der Waals surface area contributed by atoms with Crippen molar-refractivity contribution < 1.29 is 23.1 Å². The molecule has 0 radical (unpaired) electrons. The van der Waals surface area contributed by atoms with Crippen LogP contribution in [-0.4, -0.2) is 22.5 Å². The van der Waals surface area contributed by atoms with E-state index < -0.39 is 0 Å². The van der Waals surface area contributed by atoms with E-state index in [0.717, 1.165) is 11.3 Å². The second kappa shape index (κ2) is 7.64. The Morgan fingerprint density at radius 1 is 1.06 bits per heavy atom. The van der Waals surface area contributed by atoms with E-state index in [1.807, 2.05) is 31.2 Å². The third-order valence-corrected chi connectivity index (χ3v) is 4.90. The molecule has 0 spiro atoms. The predicted octanol–water partition coefficient (Wildman–Crippen LogP) is 4.24. The standard InChI is InChI=1S/C23H18FN3O4/c1-14-2-8-20(31-14)18-11-19(27(26-18)17-6-4-16(24)5-7-17)23(28)25-12-15-3-9-21-22(10-15)30-13-29-21/h2-11H,12-13H2,1H3,(H,25,28). The van der Waals surface area contributed by atoms with E-state index in [9.17, 15) is 9.18 Å². The highest BCUT2D eigenvalue weighted by Crippen LogP contribution is 2.32. The van der Waals surface area contributed by atoms with Crippen molar-refractivity contribution in [3.05, 3.63) is 83.5 Å². The predicted molar refractivity (Wildman–Crippen MR) is 110 cm³/mol. The van der Waals surface area contributed by atoms with Crippen LogP contribution in [0, 0.1) is 12.7 Å². The fraction of sp³-hybridized carbons (Fsp3) is 0.130. The van der Waals surface area contributed by atoms with Crippen LogP contribution < -0.4 is 14.8 Å². The van der Waals surface area contributed by atoms with Gasteiger partial charge >= 0.3 is 0 Å². The Balaban J connectivity index is 1.44. The molecule has 0 fully saturated rings. The minimum atomic E-state index is -0.369. The average Bonchev–Trinajstić information content (AvgIpc) is 3.51. The van der Waals surface area contributed by atoms with Crippen LogP contribution in [0.15, 0.2) is 65.1 Å². The summed E-state index contributed by atoms with van der Waals surface area (Å²) >= 11 is 0. The summed E-state index contributed by atoms with van der Waals surface area (Å²) in [5.41, 5.74) is 2.23. The van der Waals surface area contributed by atoms with E-state index in [1.54, 1.807) is 24.3 Å². The zero-order chi connectivity index (χ0) is 21.4. The summed E-state index contributed by atoms with van der Waals surface area (Å²) in [6.07, 6.45) is 0. The number of carbonyl (C=O) groups excluding carboxylic acids is 1. The van der Waals surface area contributed by atoms with Gasteiger partial charge in [0.15, 0.2) is 17.3 Å². The molecule has 2 aromatic heterocycles. The van der Waals surface area contributed by atoms with Gasteiger partial charge in [0.05, 0.1) is 5.69 Å². The number of nitrogens with zero attached hydrogens (tertiary/aromatic N) is 2. The van der Waals surface area contributed by atoms with Crippen molar-refractivity contribution in [2.45, 2.75) is 13.5 Å². The summed E-state index contributed by atoms with van der Waals surface area (Å²) in [7, 11) is 0. The van der Waals surface area contributed by atoms with E-state index in [-0.39, 0.29) is 18.5 Å². The van der Waals surface area contributed by atoms with E-state index in [1.165, 1.54) is 16.8 Å². The summed E-state index contributed by atoms with van der Waals surface area (Å²) in [6, 6.07) is 16.5. The van der Waals surface area contributed by atoms with Gasteiger partial charge in [0.1, 0.15) is 23.0 Å². The fourth-order valence-electron chi connectivity index (χ4n) is 3.34. The van der Waals surface area contributed by atoms with Gasteiger partial charge in [0.2, 0.25) is 6.79 Å². The topological polar surface area (TPSA) is 78.5 Å². The highest BCUT2D eigenvalue weighted by atomic mass is 19.1. The number of carbonyl (C=O) groups is 1. The van der Waals surface area contributed by atoms with Crippen LogP contribution in [0.4, 0.5) is 4.39 Å². The maximum Gasteiger partial charge on any atom is 0.270 e. The summed E-state index contributed by atoms with van der Waals surface area (Å²) in [5, 5.41) is 7.42. The molecular weight excluding hydrogens is 401 g/mol. The van der Waals surface area contributed by atoms with Crippen molar-refractivity contribution >= 4 is 5.91 Å². The van der Waals surface area contributed by atoms with E-state index >= 15 is 0 Å². The second-order valence-corrected chi connectivity index (χ2v) is 7.08. The molecule has 1 aliphatic rings. The number of amides is 1. The number of fused-ring (bicyclic) bond motifs is 1. The first-order valence-electron chi connectivity index (χ1n) is 9.66. The molecule has 0 saturated carbocycles. The van der Waals surface area contributed by atoms with Crippen molar-refractivity contribution in [3.63, 3.8) is 0 Å². The maximum atomic E-state index is 13.4. The zero-order valence-corrected chi connectivity index (χ0v) is 16.6. The lowest BCUT2D eigenvalue weighted by Crippen LogP contribution is -2.25. The molecule has 1 aliphatic heterocycles. The molecule has 0 bridgehead atoms. The van der Waals surface area contributed by atoms with Gasteiger partial charge in [-0.25, -0.2) is 9.07 Å². The lowest BCUT2D eigenvalue weighted by Gasteiger charge is -2.09. The third-order valence-electron chi connectivity index (χ3n) is 4.90. The summed E-state index contributed by atoms with van der Waals surface area (Å²) in [4.78, 5) is 13.0. The van der Waals surface area contributed by atoms with Crippen molar-refractivity contribution in [1.29, 1.82) is 0 Å². The van der Waals surface area contributed by atoms with Crippen LogP contribution in [0.25, 0.3) is 17.1 Å². The summed E-state index contributed by atoms with van der Waals surface area (Å²) < 4.78 is 31.2. The van der Waals surface area contributed by atoms with E-state index in [2.05, 4.69) is 10.4 Å². The normalized spacial score (nSPS) is 12.2. The van der Waals surface area contributed by atoms with Gasteiger partial charge in [-0.05, 0) is 61.0 Å². The number of aromatic nitrogens is 2. The number of rotatable bonds is 5. The Bertz CT molecular complexity index is 1260. The van der Waals surface area contributed by atoms with E-state index in [0.29, 0.717) is 40.9 Å². The first-order valence-corrected chi connectivity index (χ1v) is 9.66. The monoisotopic (exact) mass is 419 g/mol. The van der Waals surface area contributed by atoms with Crippen molar-refractivity contribution in [2.75, 3.05) is 6.79 Å². The quantitative estimate of drug-likeness (QED) is 0.524. The van der Waals surface area contributed by atoms with Gasteiger partial charge in [-0.15, -0.1) is 0 Å². The Kier molecular flexibility index (Phi) is 4.66. The van der Waals surface area contributed by atoms with Crippen LogP contribution in [-0.2, 0) is 6.54 Å². The number of furan rings is 1. The number of halogens is 1. The molecule has 156 valence electrons. The number of aryl methyl sites for hydroxylation is 1. The van der Waals surface area contributed by atoms with E-state index in [4.69, 9.17) is 13.9 Å². The molecule has 5 rings (SSSR count). The van der Waals surface area contributed by atoms with Gasteiger partial charge in [0, 0.05) is 12.6 Å². The lowest BCUT2D eigenvalue weighted by molar-refractivity contribution is 0.0943. The number of hydrogen-bond acceptors (Lipinski definition) is 5. The highest BCUT2D eigenvalue weighted by Gasteiger charge is 2.20. The van der Waals surface area contributed by atoms with Gasteiger partial charge in [-0.3, -0.25) is 4.79 Å². The maximum absolute atomic E-state index is 13.4. The molecule has 2 aromatic carbocycles. The van der Waals surface area contributed by atoms with Crippen molar-refractivity contribution in [2.24, 2.45) is 0 Å².